The highest BCUT2D eigenvalue weighted by Crippen LogP contribution is 2.28. The normalized spacial score (nSPS) is 18.0. The van der Waals surface area contributed by atoms with Crippen LogP contribution >= 0.6 is 0 Å². The van der Waals surface area contributed by atoms with Crippen LogP contribution in [0.2, 0.25) is 0 Å². The molecule has 6 heteroatoms. The summed E-state index contributed by atoms with van der Waals surface area (Å²) in [6.07, 6.45) is 11.4. The van der Waals surface area contributed by atoms with Crippen molar-refractivity contribution < 1.29 is 4.74 Å². The molecule has 0 radical (unpaired) electrons. The Morgan fingerprint density at radius 2 is 2.12 bits per heavy atom. The number of hydrogen-bond donors (Lipinski definition) is 0. The van der Waals surface area contributed by atoms with Crippen LogP contribution in [0.3, 0.4) is 0 Å². The molecule has 0 amide bonds. The minimum atomic E-state index is 0.398. The fourth-order valence-corrected chi connectivity index (χ4v) is 3.60. The van der Waals surface area contributed by atoms with Crippen LogP contribution in [0.4, 0.5) is 0 Å². The van der Waals surface area contributed by atoms with Gasteiger partial charge < -0.3 is 4.74 Å². The molecule has 3 aromatic rings. The fourth-order valence-electron chi connectivity index (χ4n) is 3.60. The van der Waals surface area contributed by atoms with Gasteiger partial charge in [-0.05, 0) is 25.5 Å². The van der Waals surface area contributed by atoms with Crippen molar-refractivity contribution in [1.29, 1.82) is 0 Å². The maximum atomic E-state index is 5.50. The van der Waals surface area contributed by atoms with Crippen molar-refractivity contribution >= 4 is 0 Å². The predicted octanol–water partition coefficient (Wildman–Crippen LogP) is 3.05. The molecule has 1 aliphatic heterocycles. The Balaban J connectivity index is 1.49. The summed E-state index contributed by atoms with van der Waals surface area (Å²) in [6, 6.07) is 8.25. The quantitative estimate of drug-likeness (QED) is 0.709. The lowest BCUT2D eigenvalue weighted by Crippen LogP contribution is -2.34. The lowest BCUT2D eigenvalue weighted by molar-refractivity contribution is 0.196. The second-order valence-corrected chi connectivity index (χ2v) is 6.66. The van der Waals surface area contributed by atoms with Gasteiger partial charge in [0.1, 0.15) is 12.1 Å². The van der Waals surface area contributed by atoms with Gasteiger partial charge in [-0.25, -0.2) is 9.97 Å². The topological polar surface area (TPSA) is 56.1 Å². The van der Waals surface area contributed by atoms with Gasteiger partial charge in [0.15, 0.2) is 5.82 Å². The van der Waals surface area contributed by atoms with Crippen LogP contribution in [0.15, 0.2) is 55.4 Å². The summed E-state index contributed by atoms with van der Waals surface area (Å²) >= 11 is 0. The van der Waals surface area contributed by atoms with E-state index in [2.05, 4.69) is 27.0 Å². The third kappa shape index (κ3) is 3.60. The number of benzene rings is 1. The Morgan fingerprint density at radius 3 is 2.96 bits per heavy atom. The zero-order chi connectivity index (χ0) is 17.8. The number of imidazole rings is 1. The van der Waals surface area contributed by atoms with Gasteiger partial charge in [0.05, 0.1) is 19.0 Å². The zero-order valence-corrected chi connectivity index (χ0v) is 15.0. The third-order valence-corrected chi connectivity index (χ3v) is 4.92. The maximum Gasteiger partial charge on any atom is 0.156 e. The number of aromatic nitrogens is 4. The summed E-state index contributed by atoms with van der Waals surface area (Å²) in [6.45, 7) is 2.98. The molecular formula is C20H23N5O. The van der Waals surface area contributed by atoms with Gasteiger partial charge in [-0.15, -0.1) is 0 Å². The predicted molar refractivity (Wildman–Crippen MR) is 99.4 cm³/mol. The molecule has 1 saturated heterocycles. The first-order chi connectivity index (χ1) is 12.8. The van der Waals surface area contributed by atoms with Crippen LogP contribution in [-0.4, -0.2) is 44.6 Å². The van der Waals surface area contributed by atoms with Gasteiger partial charge in [-0.2, -0.15) is 0 Å². The maximum absolute atomic E-state index is 5.50. The molecule has 1 aromatic carbocycles. The summed E-state index contributed by atoms with van der Waals surface area (Å²) < 4.78 is 7.39. The van der Waals surface area contributed by atoms with Crippen LogP contribution < -0.4 is 4.74 Å². The number of likely N-dealkylation sites (tertiary alicyclic amines) is 1. The Morgan fingerprint density at radius 1 is 1.19 bits per heavy atom. The Bertz CT molecular complexity index is 849. The van der Waals surface area contributed by atoms with E-state index in [1.165, 1.54) is 5.56 Å². The Labute approximate surface area is 153 Å². The molecular weight excluding hydrogens is 326 g/mol. The van der Waals surface area contributed by atoms with Crippen molar-refractivity contribution in [3.05, 3.63) is 66.6 Å². The highest BCUT2D eigenvalue weighted by molar-refractivity contribution is 5.33. The van der Waals surface area contributed by atoms with E-state index in [-0.39, 0.29) is 0 Å². The molecule has 1 atom stereocenters. The monoisotopic (exact) mass is 349 g/mol. The summed E-state index contributed by atoms with van der Waals surface area (Å²) in [5, 5.41) is 0. The SMILES string of the molecule is COc1ccccc1CN1CCCC(c2cncc(-n3ccnc3)n2)C1. The molecule has 0 spiro atoms. The first-order valence-electron chi connectivity index (χ1n) is 8.98. The number of hydrogen-bond acceptors (Lipinski definition) is 5. The fraction of sp³-hybridized carbons (Fsp3) is 0.350. The van der Waals surface area contributed by atoms with Gasteiger partial charge in [0, 0.05) is 43.2 Å². The molecule has 1 fully saturated rings. The molecule has 0 bridgehead atoms. The van der Waals surface area contributed by atoms with Crippen molar-refractivity contribution in [3.63, 3.8) is 0 Å². The number of nitrogens with zero attached hydrogens (tertiary/aromatic N) is 5. The van der Waals surface area contributed by atoms with Crippen molar-refractivity contribution in [1.82, 2.24) is 24.4 Å². The number of methoxy groups -OCH3 is 1. The highest BCUT2D eigenvalue weighted by atomic mass is 16.5. The minimum absolute atomic E-state index is 0.398. The van der Waals surface area contributed by atoms with E-state index in [0.717, 1.165) is 49.7 Å². The molecule has 3 heterocycles. The van der Waals surface area contributed by atoms with Crippen LogP contribution in [-0.2, 0) is 6.54 Å². The molecule has 6 nitrogen and oxygen atoms in total. The largest absolute Gasteiger partial charge is 0.496 e. The lowest BCUT2D eigenvalue weighted by atomic mass is 9.94. The first kappa shape index (κ1) is 16.7. The summed E-state index contributed by atoms with van der Waals surface area (Å²) in [7, 11) is 1.73. The molecule has 26 heavy (non-hydrogen) atoms. The van der Waals surface area contributed by atoms with Crippen molar-refractivity contribution in [3.8, 4) is 11.6 Å². The van der Waals surface area contributed by atoms with Gasteiger partial charge >= 0.3 is 0 Å². The summed E-state index contributed by atoms with van der Waals surface area (Å²) in [4.78, 5) is 15.8. The van der Waals surface area contributed by atoms with E-state index in [9.17, 15) is 0 Å². The average Bonchev–Trinajstić information content (AvgIpc) is 3.24. The van der Waals surface area contributed by atoms with Gasteiger partial charge in [0.25, 0.3) is 0 Å². The first-order valence-corrected chi connectivity index (χ1v) is 8.98. The highest BCUT2D eigenvalue weighted by Gasteiger charge is 2.23. The standard InChI is InChI=1S/C20H23N5O/c1-26-19-7-3-2-5-17(19)14-24-9-4-6-16(13-24)18-11-22-12-20(23-18)25-10-8-21-15-25/h2-3,5,7-8,10-12,15-16H,4,6,9,13-14H2,1H3. The zero-order valence-electron chi connectivity index (χ0n) is 15.0. The van der Waals surface area contributed by atoms with Crippen LogP contribution in [0.25, 0.3) is 5.82 Å². The molecule has 4 rings (SSSR count). The molecule has 134 valence electrons. The minimum Gasteiger partial charge on any atom is -0.496 e. The number of ether oxygens (including phenoxy) is 1. The van der Waals surface area contributed by atoms with Crippen LogP contribution in [0.5, 0.6) is 5.75 Å². The molecule has 1 aliphatic rings. The Kier molecular flexibility index (Phi) is 4.93. The lowest BCUT2D eigenvalue weighted by Gasteiger charge is -2.32. The van der Waals surface area contributed by atoms with Crippen molar-refractivity contribution in [2.24, 2.45) is 0 Å². The smallest absolute Gasteiger partial charge is 0.156 e. The van der Waals surface area contributed by atoms with E-state index in [4.69, 9.17) is 9.72 Å². The molecule has 1 unspecified atom stereocenters. The van der Waals surface area contributed by atoms with Crippen molar-refractivity contribution in [2.75, 3.05) is 20.2 Å². The van der Waals surface area contributed by atoms with E-state index in [0.29, 0.717) is 5.92 Å². The van der Waals surface area contributed by atoms with Gasteiger partial charge in [0.2, 0.25) is 0 Å². The third-order valence-electron chi connectivity index (χ3n) is 4.92. The molecule has 0 saturated carbocycles. The molecule has 0 N–H and O–H groups in total. The number of rotatable bonds is 5. The molecule has 0 aliphatic carbocycles. The van der Waals surface area contributed by atoms with E-state index in [1.54, 1.807) is 25.8 Å². The molecule has 2 aromatic heterocycles. The van der Waals surface area contributed by atoms with E-state index < -0.39 is 0 Å². The summed E-state index contributed by atoms with van der Waals surface area (Å²) in [5.74, 6) is 2.17. The van der Waals surface area contributed by atoms with E-state index >= 15 is 0 Å². The number of para-hydroxylation sites is 1. The van der Waals surface area contributed by atoms with Crippen LogP contribution in [0.1, 0.15) is 30.0 Å². The van der Waals surface area contributed by atoms with Crippen LogP contribution in [0, 0.1) is 0 Å². The number of piperidine rings is 1. The second-order valence-electron chi connectivity index (χ2n) is 6.66. The van der Waals surface area contributed by atoms with Gasteiger partial charge in [-0.3, -0.25) is 14.5 Å². The van der Waals surface area contributed by atoms with E-state index in [1.807, 2.05) is 29.1 Å². The van der Waals surface area contributed by atoms with Crippen molar-refractivity contribution in [2.45, 2.75) is 25.3 Å². The van der Waals surface area contributed by atoms with Gasteiger partial charge in [-0.1, -0.05) is 18.2 Å². The average molecular weight is 349 g/mol. The second kappa shape index (κ2) is 7.66. The Hall–Kier alpha value is -2.73. The summed E-state index contributed by atoms with van der Waals surface area (Å²) in [5.41, 5.74) is 2.29.